The van der Waals surface area contributed by atoms with E-state index in [1.165, 1.54) is 17.2 Å². The molecule has 2 aromatic rings. The number of likely N-dealkylation sites (tertiary alicyclic amines) is 1. The second kappa shape index (κ2) is 9.70. The number of aliphatic hydroxyl groups is 2. The molecule has 3 rings (SSSR count). The lowest BCUT2D eigenvalue weighted by atomic mass is 9.89. The fourth-order valence-electron chi connectivity index (χ4n) is 3.58. The number of carbonyl (C=O) groups is 1. The number of urea groups is 1. The molecule has 1 aliphatic rings. The summed E-state index contributed by atoms with van der Waals surface area (Å²) in [6, 6.07) is 3.72. The molecule has 1 saturated heterocycles. The fraction of sp³-hybridized carbons (Fsp3) is 0.429. The Kier molecular flexibility index (Phi) is 7.35. The van der Waals surface area contributed by atoms with Gasteiger partial charge in [-0.2, -0.15) is 13.2 Å². The van der Waals surface area contributed by atoms with Gasteiger partial charge >= 0.3 is 12.2 Å². The summed E-state index contributed by atoms with van der Waals surface area (Å²) in [7, 11) is 1.10. The van der Waals surface area contributed by atoms with Crippen molar-refractivity contribution in [3.8, 4) is 5.75 Å². The molecule has 0 saturated carbocycles. The number of anilines is 1. The molecule has 0 bridgehead atoms. The monoisotopic (exact) mass is 491 g/mol. The van der Waals surface area contributed by atoms with Crippen LogP contribution in [0.4, 0.5) is 28.0 Å². The van der Waals surface area contributed by atoms with E-state index < -0.39 is 41.9 Å². The van der Waals surface area contributed by atoms with E-state index in [1.54, 1.807) is 0 Å². The smallest absolute Gasteiger partial charge is 0.419 e. The number of amides is 2. The number of halogens is 5. The molecule has 1 aromatic heterocycles. The molecule has 2 amide bonds. The summed E-state index contributed by atoms with van der Waals surface area (Å²) in [5.41, 5.74) is -2.55. The van der Waals surface area contributed by atoms with Gasteiger partial charge in [-0.05, 0) is 18.2 Å². The first kappa shape index (κ1) is 25.0. The van der Waals surface area contributed by atoms with Crippen molar-refractivity contribution in [2.45, 2.75) is 30.8 Å². The van der Waals surface area contributed by atoms with Crippen molar-refractivity contribution < 1.29 is 37.3 Å². The minimum absolute atomic E-state index is 0.00255. The number of hydrogen-bond acceptors (Lipinski definition) is 5. The Morgan fingerprint density at radius 1 is 1.33 bits per heavy atom. The molecule has 7 nitrogen and oxygen atoms in total. The number of aromatic nitrogens is 1. The number of nitrogens with zero attached hydrogens (tertiary/aromatic N) is 2. The average molecular weight is 492 g/mol. The quantitative estimate of drug-likeness (QED) is 0.543. The molecule has 0 aliphatic carbocycles. The third-order valence-electron chi connectivity index (χ3n) is 5.45. The number of rotatable bonds is 5. The molecule has 1 atom stereocenters. The van der Waals surface area contributed by atoms with Gasteiger partial charge in [-0.15, -0.1) is 0 Å². The van der Waals surface area contributed by atoms with Crippen LogP contribution in [-0.4, -0.2) is 52.9 Å². The molecule has 12 heteroatoms. The van der Waals surface area contributed by atoms with Crippen LogP contribution in [0.3, 0.4) is 0 Å². The van der Waals surface area contributed by atoms with Crippen molar-refractivity contribution >= 4 is 23.3 Å². The lowest BCUT2D eigenvalue weighted by Gasteiger charge is -2.36. The van der Waals surface area contributed by atoms with Crippen molar-refractivity contribution in [1.29, 1.82) is 0 Å². The first-order valence-corrected chi connectivity index (χ1v) is 10.3. The van der Waals surface area contributed by atoms with Crippen LogP contribution in [0, 0.1) is 0 Å². The first-order chi connectivity index (χ1) is 15.5. The van der Waals surface area contributed by atoms with E-state index in [0.717, 1.165) is 25.3 Å². The lowest BCUT2D eigenvalue weighted by Crippen LogP contribution is -2.45. The Morgan fingerprint density at radius 3 is 2.55 bits per heavy atom. The van der Waals surface area contributed by atoms with Gasteiger partial charge in [0, 0.05) is 49.4 Å². The molecular weight excluding hydrogens is 470 g/mol. The van der Waals surface area contributed by atoms with Crippen LogP contribution >= 0.6 is 11.6 Å². The highest BCUT2D eigenvalue weighted by Gasteiger charge is 2.40. The van der Waals surface area contributed by atoms with Crippen LogP contribution in [0.15, 0.2) is 30.5 Å². The first-order valence-electron chi connectivity index (χ1n) is 9.93. The minimum atomic E-state index is -4.60. The zero-order valence-electron chi connectivity index (χ0n) is 17.5. The van der Waals surface area contributed by atoms with Crippen LogP contribution in [0.25, 0.3) is 0 Å². The summed E-state index contributed by atoms with van der Waals surface area (Å²) in [5.74, 6) is -0.433. The summed E-state index contributed by atoms with van der Waals surface area (Å²) in [6.07, 6.45) is -4.76. The maximum Gasteiger partial charge on any atom is 0.419 e. The van der Waals surface area contributed by atoms with E-state index >= 15 is 4.39 Å². The third kappa shape index (κ3) is 5.48. The molecule has 3 N–H and O–H groups in total. The van der Waals surface area contributed by atoms with Crippen molar-refractivity contribution in [3.05, 3.63) is 52.3 Å². The van der Waals surface area contributed by atoms with Gasteiger partial charge in [0.1, 0.15) is 11.9 Å². The van der Waals surface area contributed by atoms with E-state index in [-0.39, 0.29) is 47.9 Å². The molecule has 1 aliphatic heterocycles. The Bertz CT molecular complexity index is 1010. The molecule has 33 heavy (non-hydrogen) atoms. The van der Waals surface area contributed by atoms with E-state index in [1.807, 2.05) is 0 Å². The van der Waals surface area contributed by atoms with Gasteiger partial charge < -0.3 is 25.2 Å². The Balaban J connectivity index is 1.67. The molecule has 2 heterocycles. The topological polar surface area (TPSA) is 94.9 Å². The van der Waals surface area contributed by atoms with E-state index in [4.69, 9.17) is 21.4 Å². The van der Waals surface area contributed by atoms with E-state index in [0.29, 0.717) is 0 Å². The van der Waals surface area contributed by atoms with Crippen molar-refractivity contribution in [2.24, 2.45) is 0 Å². The number of methoxy groups -OCH3 is 1. The Morgan fingerprint density at radius 2 is 2.00 bits per heavy atom. The largest absolute Gasteiger partial charge is 0.496 e. The Labute approximate surface area is 191 Å². The second-order valence-corrected chi connectivity index (χ2v) is 8.00. The van der Waals surface area contributed by atoms with Gasteiger partial charge in [0.15, 0.2) is 5.67 Å². The number of piperidine rings is 1. The van der Waals surface area contributed by atoms with E-state index in [2.05, 4.69) is 10.3 Å². The SMILES string of the molecule is COc1cc(NC(=O)N2CCC(F)(c3ncc([C@H](O)CO)cc3Cl)CC2)ccc1C(F)(F)F. The lowest BCUT2D eigenvalue weighted by molar-refractivity contribution is -0.138. The number of ether oxygens (including phenoxy) is 1. The summed E-state index contributed by atoms with van der Waals surface area (Å²) in [4.78, 5) is 17.9. The molecule has 0 spiro atoms. The summed E-state index contributed by atoms with van der Waals surface area (Å²) >= 11 is 6.15. The van der Waals surface area contributed by atoms with Gasteiger partial charge in [-0.3, -0.25) is 4.98 Å². The number of nitrogens with one attached hydrogen (secondary N) is 1. The Hall–Kier alpha value is -2.63. The van der Waals surface area contributed by atoms with Crippen molar-refractivity contribution in [1.82, 2.24) is 9.88 Å². The second-order valence-electron chi connectivity index (χ2n) is 7.59. The molecule has 180 valence electrons. The van der Waals surface area contributed by atoms with Gasteiger partial charge in [0.25, 0.3) is 0 Å². The van der Waals surface area contributed by atoms with Gasteiger partial charge in [-0.25, -0.2) is 9.18 Å². The summed E-state index contributed by atoms with van der Waals surface area (Å²) in [6.45, 7) is -0.509. The van der Waals surface area contributed by atoms with Gasteiger partial charge in [0.2, 0.25) is 0 Å². The number of pyridine rings is 1. The summed E-state index contributed by atoms with van der Waals surface area (Å²) < 4.78 is 59.3. The molecule has 0 unspecified atom stereocenters. The predicted octanol–water partition coefficient (Wildman–Crippen LogP) is 4.28. The minimum Gasteiger partial charge on any atom is -0.496 e. The molecular formula is C21H22ClF4N3O4. The maximum absolute atomic E-state index is 15.6. The van der Waals surface area contributed by atoms with E-state index in [9.17, 15) is 23.1 Å². The normalized spacial score (nSPS) is 16.9. The molecule has 1 aromatic carbocycles. The van der Waals surface area contributed by atoms with Crippen molar-refractivity contribution in [3.63, 3.8) is 0 Å². The molecule has 1 fully saturated rings. The van der Waals surface area contributed by atoms with Gasteiger partial charge in [0.05, 0.1) is 30.0 Å². The standard InChI is InChI=1S/C21H22ClF4N3O4/c1-33-17-9-13(2-3-14(17)21(24,25)26)28-19(32)29-6-4-20(23,5-7-29)18-15(22)8-12(10-27-18)16(31)11-30/h2-3,8-10,16,30-31H,4-7,11H2,1H3,(H,28,32)/t16-/m1/s1. The third-order valence-corrected chi connectivity index (χ3v) is 5.73. The number of benzene rings is 1. The highest BCUT2D eigenvalue weighted by Crippen LogP contribution is 2.40. The van der Waals surface area contributed by atoms with Gasteiger partial charge in [-0.1, -0.05) is 11.6 Å². The predicted molar refractivity (Wildman–Crippen MR) is 112 cm³/mol. The summed E-state index contributed by atoms with van der Waals surface area (Å²) in [5, 5.41) is 21.2. The zero-order chi connectivity index (χ0) is 24.4. The fourth-order valence-corrected chi connectivity index (χ4v) is 3.92. The van der Waals surface area contributed by atoms with Crippen LogP contribution in [0.2, 0.25) is 5.02 Å². The zero-order valence-corrected chi connectivity index (χ0v) is 18.3. The number of carbonyl (C=O) groups excluding carboxylic acids is 1. The van der Waals surface area contributed by atoms with Crippen molar-refractivity contribution in [2.75, 3.05) is 32.1 Å². The number of hydrogen-bond donors (Lipinski definition) is 3. The van der Waals surface area contributed by atoms with Crippen LogP contribution in [0.5, 0.6) is 5.75 Å². The average Bonchev–Trinajstić information content (AvgIpc) is 2.77. The number of alkyl halides is 4. The van der Waals surface area contributed by atoms with Crippen LogP contribution < -0.4 is 10.1 Å². The molecule has 0 radical (unpaired) electrons. The highest BCUT2D eigenvalue weighted by atomic mass is 35.5. The van der Waals surface area contributed by atoms with Crippen LogP contribution in [0.1, 0.15) is 35.8 Å². The number of aliphatic hydroxyl groups excluding tert-OH is 2. The highest BCUT2D eigenvalue weighted by molar-refractivity contribution is 6.31. The maximum atomic E-state index is 15.6. The van der Waals surface area contributed by atoms with Crippen LogP contribution in [-0.2, 0) is 11.8 Å².